The molecule has 0 aliphatic heterocycles. The average molecular weight is 298 g/mol. The molecule has 0 aliphatic rings. The number of hydrogen-bond acceptors (Lipinski definition) is 2. The molecule has 0 atom stereocenters. The molecule has 1 N–H and O–H groups in total. The molecular formula is C15H20ClNO3. The van der Waals surface area contributed by atoms with Crippen molar-refractivity contribution in [2.75, 3.05) is 6.54 Å². The molecule has 1 amide bonds. The lowest BCUT2D eigenvalue weighted by Crippen LogP contribution is -2.36. The van der Waals surface area contributed by atoms with Crippen molar-refractivity contribution >= 4 is 23.5 Å². The Morgan fingerprint density at radius 3 is 2.50 bits per heavy atom. The molecule has 0 saturated carbocycles. The number of hydrogen-bond donors (Lipinski definition) is 1. The number of carboxylic acid groups (broad SMARTS) is 1. The van der Waals surface area contributed by atoms with Crippen LogP contribution in [0.2, 0.25) is 5.02 Å². The van der Waals surface area contributed by atoms with Gasteiger partial charge >= 0.3 is 5.97 Å². The Hall–Kier alpha value is -1.55. The first-order valence-corrected chi connectivity index (χ1v) is 6.89. The van der Waals surface area contributed by atoms with E-state index in [9.17, 15) is 9.59 Å². The first-order valence-electron chi connectivity index (χ1n) is 6.52. The summed E-state index contributed by atoms with van der Waals surface area (Å²) in [5, 5.41) is 9.70. The molecule has 0 spiro atoms. The van der Waals surface area contributed by atoms with E-state index in [0.717, 1.165) is 5.56 Å². The van der Waals surface area contributed by atoms with Gasteiger partial charge < -0.3 is 10.0 Å². The summed E-state index contributed by atoms with van der Waals surface area (Å²) >= 11 is 5.92. The van der Waals surface area contributed by atoms with Gasteiger partial charge in [-0.2, -0.15) is 0 Å². The lowest BCUT2D eigenvalue weighted by molar-refractivity contribution is -0.151. The Labute approximate surface area is 124 Å². The monoisotopic (exact) mass is 297 g/mol. The highest BCUT2D eigenvalue weighted by Crippen LogP contribution is 2.22. The highest BCUT2D eigenvalue weighted by Gasteiger charge is 2.31. The Balaban J connectivity index is 2.76. The van der Waals surface area contributed by atoms with Gasteiger partial charge in [0, 0.05) is 24.5 Å². The van der Waals surface area contributed by atoms with E-state index in [2.05, 4.69) is 0 Å². The zero-order valence-corrected chi connectivity index (χ0v) is 12.8. The molecule has 0 aromatic heterocycles. The van der Waals surface area contributed by atoms with Gasteiger partial charge in [-0.1, -0.05) is 23.7 Å². The molecule has 0 radical (unpaired) electrons. The van der Waals surface area contributed by atoms with Crippen LogP contribution in [0.15, 0.2) is 24.3 Å². The summed E-state index contributed by atoms with van der Waals surface area (Å²) in [4.78, 5) is 24.9. The summed E-state index contributed by atoms with van der Waals surface area (Å²) in [6.07, 6.45) is -0.0171. The maximum absolute atomic E-state index is 12.2. The van der Waals surface area contributed by atoms with Crippen molar-refractivity contribution in [3.8, 4) is 0 Å². The third kappa shape index (κ3) is 4.53. The molecule has 0 aliphatic carbocycles. The van der Waals surface area contributed by atoms with Crippen LogP contribution in [0.4, 0.5) is 0 Å². The molecule has 0 bridgehead atoms. The molecule has 0 heterocycles. The largest absolute Gasteiger partial charge is 0.481 e. The maximum atomic E-state index is 12.2. The van der Waals surface area contributed by atoms with E-state index < -0.39 is 11.4 Å². The van der Waals surface area contributed by atoms with Gasteiger partial charge in [-0.25, -0.2) is 0 Å². The van der Waals surface area contributed by atoms with Gasteiger partial charge in [0.2, 0.25) is 5.91 Å². The molecule has 1 rings (SSSR count). The third-order valence-corrected chi connectivity index (χ3v) is 3.40. The van der Waals surface area contributed by atoms with Crippen molar-refractivity contribution in [2.24, 2.45) is 5.41 Å². The molecule has 0 saturated heterocycles. The van der Waals surface area contributed by atoms with Gasteiger partial charge in [-0.3, -0.25) is 9.59 Å². The number of halogens is 1. The van der Waals surface area contributed by atoms with Gasteiger partial charge in [-0.05, 0) is 38.5 Å². The minimum atomic E-state index is -1.06. The third-order valence-electron chi connectivity index (χ3n) is 3.17. The number of benzene rings is 1. The van der Waals surface area contributed by atoms with E-state index in [0.29, 0.717) is 18.1 Å². The first kappa shape index (κ1) is 16.5. The van der Waals surface area contributed by atoms with E-state index in [1.54, 1.807) is 30.9 Å². The summed E-state index contributed by atoms with van der Waals surface area (Å²) < 4.78 is 0. The Morgan fingerprint density at radius 1 is 1.35 bits per heavy atom. The van der Waals surface area contributed by atoms with Crippen LogP contribution >= 0.6 is 11.6 Å². The Morgan fingerprint density at radius 2 is 2.00 bits per heavy atom. The van der Waals surface area contributed by atoms with Gasteiger partial charge in [0.1, 0.15) is 0 Å². The second-order valence-electron chi connectivity index (χ2n) is 5.40. The van der Waals surface area contributed by atoms with Crippen molar-refractivity contribution in [1.82, 2.24) is 4.90 Å². The van der Waals surface area contributed by atoms with E-state index in [4.69, 9.17) is 16.7 Å². The van der Waals surface area contributed by atoms with Crippen LogP contribution in [0, 0.1) is 5.41 Å². The van der Waals surface area contributed by atoms with Gasteiger partial charge in [0.05, 0.1) is 5.41 Å². The fourth-order valence-electron chi connectivity index (χ4n) is 1.80. The fraction of sp³-hybridized carbons (Fsp3) is 0.467. The Kier molecular flexibility index (Phi) is 5.57. The minimum absolute atomic E-state index is 0.0171. The normalized spacial score (nSPS) is 11.2. The summed E-state index contributed by atoms with van der Waals surface area (Å²) in [5.74, 6) is -1.13. The molecule has 20 heavy (non-hydrogen) atoms. The van der Waals surface area contributed by atoms with Crippen molar-refractivity contribution < 1.29 is 14.7 Å². The molecule has 4 nitrogen and oxygen atoms in total. The van der Waals surface area contributed by atoms with Gasteiger partial charge in [0.15, 0.2) is 0 Å². The van der Waals surface area contributed by atoms with Crippen LogP contribution in [0.1, 0.15) is 32.8 Å². The second kappa shape index (κ2) is 6.75. The summed E-state index contributed by atoms with van der Waals surface area (Å²) in [5.41, 5.74) is -0.125. The zero-order valence-electron chi connectivity index (χ0n) is 12.0. The van der Waals surface area contributed by atoms with Crippen LogP contribution in [0.3, 0.4) is 0 Å². The highest BCUT2D eigenvalue weighted by molar-refractivity contribution is 6.30. The van der Waals surface area contributed by atoms with E-state index in [1.165, 1.54) is 0 Å². The van der Waals surface area contributed by atoms with Crippen molar-refractivity contribution in [1.29, 1.82) is 0 Å². The van der Waals surface area contributed by atoms with Crippen LogP contribution in [-0.4, -0.2) is 28.4 Å². The molecular weight excluding hydrogens is 278 g/mol. The predicted molar refractivity (Wildman–Crippen MR) is 78.6 cm³/mol. The van der Waals surface area contributed by atoms with Crippen molar-refractivity contribution in [3.63, 3.8) is 0 Å². The number of carboxylic acids is 1. The highest BCUT2D eigenvalue weighted by atomic mass is 35.5. The molecule has 1 aromatic rings. The second-order valence-corrected chi connectivity index (χ2v) is 5.84. The van der Waals surface area contributed by atoms with Crippen molar-refractivity contribution in [3.05, 3.63) is 34.9 Å². The van der Waals surface area contributed by atoms with Crippen LogP contribution in [-0.2, 0) is 16.1 Å². The lowest BCUT2D eigenvalue weighted by Gasteiger charge is -2.25. The number of amides is 1. The smallest absolute Gasteiger partial charge is 0.309 e. The number of aliphatic carboxylic acids is 1. The SMILES string of the molecule is CCN(Cc1cccc(Cl)c1)C(=O)CC(C)(C)C(=O)O. The standard InChI is InChI=1S/C15H20ClNO3/c1-4-17(10-11-6-5-7-12(16)8-11)13(18)9-15(2,3)14(19)20/h5-8H,4,9-10H2,1-3H3,(H,19,20). The fourth-order valence-corrected chi connectivity index (χ4v) is 2.01. The summed E-state index contributed by atoms with van der Waals surface area (Å²) in [6.45, 7) is 5.95. The zero-order chi connectivity index (χ0) is 15.3. The van der Waals surface area contributed by atoms with Crippen LogP contribution in [0.5, 0.6) is 0 Å². The summed E-state index contributed by atoms with van der Waals surface area (Å²) in [6, 6.07) is 7.30. The van der Waals surface area contributed by atoms with E-state index in [1.807, 2.05) is 19.1 Å². The molecule has 110 valence electrons. The average Bonchev–Trinajstić information content (AvgIpc) is 2.35. The predicted octanol–water partition coefficient (Wildman–Crippen LogP) is 3.19. The number of carbonyl (C=O) groups excluding carboxylic acids is 1. The quantitative estimate of drug-likeness (QED) is 0.877. The lowest BCUT2D eigenvalue weighted by atomic mass is 9.89. The molecule has 5 heteroatoms. The minimum Gasteiger partial charge on any atom is -0.481 e. The van der Waals surface area contributed by atoms with Crippen LogP contribution in [0.25, 0.3) is 0 Å². The van der Waals surface area contributed by atoms with E-state index in [-0.39, 0.29) is 12.3 Å². The molecule has 0 unspecified atom stereocenters. The van der Waals surface area contributed by atoms with Crippen molar-refractivity contribution in [2.45, 2.75) is 33.7 Å². The van der Waals surface area contributed by atoms with Crippen LogP contribution < -0.4 is 0 Å². The Bertz CT molecular complexity index is 500. The first-order chi connectivity index (χ1) is 9.26. The maximum Gasteiger partial charge on any atom is 0.309 e. The van der Waals surface area contributed by atoms with E-state index >= 15 is 0 Å². The molecule has 1 aromatic carbocycles. The summed E-state index contributed by atoms with van der Waals surface area (Å²) in [7, 11) is 0. The van der Waals surface area contributed by atoms with Gasteiger partial charge in [-0.15, -0.1) is 0 Å². The number of nitrogens with zero attached hydrogens (tertiary/aromatic N) is 1. The molecule has 0 fully saturated rings. The topological polar surface area (TPSA) is 57.6 Å². The number of rotatable bonds is 6. The van der Waals surface area contributed by atoms with Gasteiger partial charge in [0.25, 0.3) is 0 Å². The number of carbonyl (C=O) groups is 2.